The molecular formula is C13H20O2. The minimum Gasteiger partial charge on any atom is -0.490 e. The zero-order valence-corrected chi connectivity index (χ0v) is 9.61. The average molecular weight is 208 g/mol. The minimum atomic E-state index is 0.275. The smallest absolute Gasteiger partial charge is 0.119 e. The number of para-hydroxylation sites is 1. The number of hydrogen-bond donors (Lipinski definition) is 0. The molecule has 2 nitrogen and oxygen atoms in total. The van der Waals surface area contributed by atoms with E-state index in [0.29, 0.717) is 0 Å². The van der Waals surface area contributed by atoms with E-state index >= 15 is 0 Å². The topological polar surface area (TPSA) is 18.5 Å². The largest absolute Gasteiger partial charge is 0.490 e. The highest BCUT2D eigenvalue weighted by Crippen LogP contribution is 2.15. The van der Waals surface area contributed by atoms with Crippen LogP contribution in [0.15, 0.2) is 30.3 Å². The number of benzene rings is 1. The molecule has 15 heavy (non-hydrogen) atoms. The fourth-order valence-corrected chi connectivity index (χ4v) is 1.52. The van der Waals surface area contributed by atoms with Crippen molar-refractivity contribution in [3.63, 3.8) is 0 Å². The lowest BCUT2D eigenvalue weighted by Gasteiger charge is -2.18. The van der Waals surface area contributed by atoms with E-state index in [2.05, 4.69) is 6.92 Å². The molecule has 0 fully saturated rings. The lowest BCUT2D eigenvalue weighted by Crippen LogP contribution is -2.18. The van der Waals surface area contributed by atoms with Gasteiger partial charge in [-0.2, -0.15) is 0 Å². The summed E-state index contributed by atoms with van der Waals surface area (Å²) >= 11 is 0. The standard InChI is InChI=1S/C13H20O2/c1-3-7-12(10-11-14-2)15-13-8-5-4-6-9-13/h4-6,8-9,12H,3,7,10-11H2,1-2H3. The van der Waals surface area contributed by atoms with Gasteiger partial charge in [-0.25, -0.2) is 0 Å². The van der Waals surface area contributed by atoms with Gasteiger partial charge in [-0.15, -0.1) is 0 Å². The Morgan fingerprint density at radius 3 is 2.47 bits per heavy atom. The summed E-state index contributed by atoms with van der Waals surface area (Å²) in [6.07, 6.45) is 3.45. The first kappa shape index (κ1) is 12.1. The Balaban J connectivity index is 2.43. The van der Waals surface area contributed by atoms with Crippen molar-refractivity contribution in [2.75, 3.05) is 13.7 Å². The second-order valence-electron chi connectivity index (χ2n) is 3.62. The van der Waals surface area contributed by atoms with E-state index < -0.39 is 0 Å². The third-order valence-electron chi connectivity index (χ3n) is 2.30. The Morgan fingerprint density at radius 2 is 1.87 bits per heavy atom. The van der Waals surface area contributed by atoms with Crippen LogP contribution in [0.3, 0.4) is 0 Å². The Hall–Kier alpha value is -1.02. The summed E-state index contributed by atoms with van der Waals surface area (Å²) in [6.45, 7) is 2.94. The van der Waals surface area contributed by atoms with Crippen molar-refractivity contribution in [3.05, 3.63) is 30.3 Å². The van der Waals surface area contributed by atoms with Crippen molar-refractivity contribution >= 4 is 0 Å². The summed E-state index contributed by atoms with van der Waals surface area (Å²) in [6, 6.07) is 9.98. The van der Waals surface area contributed by atoms with Gasteiger partial charge in [-0.1, -0.05) is 31.5 Å². The normalized spacial score (nSPS) is 12.4. The van der Waals surface area contributed by atoms with Crippen molar-refractivity contribution in [2.45, 2.75) is 32.3 Å². The molecule has 1 atom stereocenters. The van der Waals surface area contributed by atoms with Gasteiger partial charge in [-0.05, 0) is 18.6 Å². The molecule has 1 unspecified atom stereocenters. The van der Waals surface area contributed by atoms with Crippen molar-refractivity contribution < 1.29 is 9.47 Å². The van der Waals surface area contributed by atoms with Crippen molar-refractivity contribution in [3.8, 4) is 5.75 Å². The van der Waals surface area contributed by atoms with E-state index in [1.165, 1.54) is 0 Å². The van der Waals surface area contributed by atoms with Crippen LogP contribution < -0.4 is 4.74 Å². The molecule has 0 saturated heterocycles. The first-order chi connectivity index (χ1) is 7.36. The van der Waals surface area contributed by atoms with Crippen LogP contribution in [0.2, 0.25) is 0 Å². The number of rotatable bonds is 7. The molecule has 0 aromatic heterocycles. The Morgan fingerprint density at radius 1 is 1.13 bits per heavy atom. The van der Waals surface area contributed by atoms with Gasteiger partial charge in [0.25, 0.3) is 0 Å². The molecule has 0 bridgehead atoms. The second-order valence-corrected chi connectivity index (χ2v) is 3.62. The fraction of sp³-hybridized carbons (Fsp3) is 0.538. The van der Waals surface area contributed by atoms with Gasteiger partial charge in [0.2, 0.25) is 0 Å². The summed E-state index contributed by atoms with van der Waals surface area (Å²) in [5, 5.41) is 0. The summed E-state index contributed by atoms with van der Waals surface area (Å²) in [5.74, 6) is 0.951. The molecule has 0 N–H and O–H groups in total. The number of methoxy groups -OCH3 is 1. The van der Waals surface area contributed by atoms with Crippen LogP contribution in [-0.2, 0) is 4.74 Å². The maximum Gasteiger partial charge on any atom is 0.119 e. The van der Waals surface area contributed by atoms with Crippen LogP contribution in [0, 0.1) is 0 Å². The monoisotopic (exact) mass is 208 g/mol. The summed E-state index contributed by atoms with van der Waals surface area (Å²) in [7, 11) is 1.73. The van der Waals surface area contributed by atoms with E-state index in [9.17, 15) is 0 Å². The fourth-order valence-electron chi connectivity index (χ4n) is 1.52. The molecule has 0 heterocycles. The lowest BCUT2D eigenvalue weighted by molar-refractivity contribution is 0.119. The molecule has 0 spiro atoms. The molecule has 0 aliphatic heterocycles. The van der Waals surface area contributed by atoms with Gasteiger partial charge >= 0.3 is 0 Å². The van der Waals surface area contributed by atoms with E-state index in [-0.39, 0.29) is 6.10 Å². The SMILES string of the molecule is CCCC(CCOC)Oc1ccccc1. The number of ether oxygens (including phenoxy) is 2. The minimum absolute atomic E-state index is 0.275. The maximum absolute atomic E-state index is 5.88. The highest BCUT2D eigenvalue weighted by molar-refractivity contribution is 5.21. The Kier molecular flexibility index (Phi) is 5.86. The Bertz CT molecular complexity index is 246. The third kappa shape index (κ3) is 4.84. The molecule has 0 saturated carbocycles. The second kappa shape index (κ2) is 7.30. The molecule has 1 rings (SSSR count). The molecule has 0 amide bonds. The molecule has 0 aliphatic rings. The van der Waals surface area contributed by atoms with Gasteiger partial charge in [0, 0.05) is 20.1 Å². The molecule has 0 radical (unpaired) electrons. The summed E-state index contributed by atoms with van der Waals surface area (Å²) in [5.41, 5.74) is 0. The zero-order chi connectivity index (χ0) is 10.9. The van der Waals surface area contributed by atoms with Crippen LogP contribution >= 0.6 is 0 Å². The van der Waals surface area contributed by atoms with Crippen molar-refractivity contribution in [2.24, 2.45) is 0 Å². The van der Waals surface area contributed by atoms with Crippen molar-refractivity contribution in [1.29, 1.82) is 0 Å². The lowest BCUT2D eigenvalue weighted by atomic mass is 10.1. The zero-order valence-electron chi connectivity index (χ0n) is 9.61. The van der Waals surface area contributed by atoms with Crippen LogP contribution in [-0.4, -0.2) is 19.8 Å². The Labute approximate surface area is 92.2 Å². The van der Waals surface area contributed by atoms with Crippen LogP contribution in [0.4, 0.5) is 0 Å². The predicted molar refractivity (Wildman–Crippen MR) is 62.3 cm³/mol. The molecule has 1 aromatic carbocycles. The maximum atomic E-state index is 5.88. The molecule has 84 valence electrons. The van der Waals surface area contributed by atoms with E-state index in [1.54, 1.807) is 7.11 Å². The number of hydrogen-bond acceptors (Lipinski definition) is 2. The van der Waals surface area contributed by atoms with Crippen LogP contribution in [0.5, 0.6) is 5.75 Å². The van der Waals surface area contributed by atoms with Gasteiger partial charge < -0.3 is 9.47 Å². The highest BCUT2D eigenvalue weighted by atomic mass is 16.5. The molecule has 1 aromatic rings. The van der Waals surface area contributed by atoms with Crippen LogP contribution in [0.1, 0.15) is 26.2 Å². The van der Waals surface area contributed by atoms with E-state index in [0.717, 1.165) is 31.6 Å². The predicted octanol–water partition coefficient (Wildman–Crippen LogP) is 3.27. The van der Waals surface area contributed by atoms with Gasteiger partial charge in [-0.3, -0.25) is 0 Å². The van der Waals surface area contributed by atoms with Crippen LogP contribution in [0.25, 0.3) is 0 Å². The third-order valence-corrected chi connectivity index (χ3v) is 2.30. The van der Waals surface area contributed by atoms with Gasteiger partial charge in [0.1, 0.15) is 11.9 Å². The quantitative estimate of drug-likeness (QED) is 0.684. The van der Waals surface area contributed by atoms with E-state index in [4.69, 9.17) is 9.47 Å². The van der Waals surface area contributed by atoms with Gasteiger partial charge in [0.15, 0.2) is 0 Å². The first-order valence-electron chi connectivity index (χ1n) is 5.57. The average Bonchev–Trinajstić information content (AvgIpc) is 2.28. The van der Waals surface area contributed by atoms with Gasteiger partial charge in [0.05, 0.1) is 0 Å². The molecular weight excluding hydrogens is 188 g/mol. The summed E-state index contributed by atoms with van der Waals surface area (Å²) < 4.78 is 11.0. The summed E-state index contributed by atoms with van der Waals surface area (Å²) in [4.78, 5) is 0. The van der Waals surface area contributed by atoms with E-state index in [1.807, 2.05) is 30.3 Å². The highest BCUT2D eigenvalue weighted by Gasteiger charge is 2.08. The first-order valence-corrected chi connectivity index (χ1v) is 5.57. The molecule has 2 heteroatoms. The van der Waals surface area contributed by atoms with Crippen molar-refractivity contribution in [1.82, 2.24) is 0 Å². The molecule has 0 aliphatic carbocycles.